The Balaban J connectivity index is 1.53. The Labute approximate surface area is 218 Å². The van der Waals surface area contributed by atoms with Gasteiger partial charge in [0, 0.05) is 35.9 Å². The molecule has 4 heterocycles. The fourth-order valence-corrected chi connectivity index (χ4v) is 5.60. The number of nitrogens with one attached hydrogen (secondary N) is 1. The van der Waals surface area contributed by atoms with E-state index in [0.29, 0.717) is 48.7 Å². The lowest BCUT2D eigenvalue weighted by molar-refractivity contribution is -0.127. The summed E-state index contributed by atoms with van der Waals surface area (Å²) in [6.45, 7) is 5.44. The summed E-state index contributed by atoms with van der Waals surface area (Å²) in [4.78, 5) is 31.0. The molecule has 0 saturated heterocycles. The van der Waals surface area contributed by atoms with E-state index in [2.05, 4.69) is 11.9 Å². The number of fused-ring (bicyclic) bond motifs is 3. The Hall–Kier alpha value is -4.40. The molecule has 0 unspecified atom stereocenters. The average molecular weight is 514 g/mol. The van der Waals surface area contributed by atoms with Crippen LogP contribution >= 0.6 is 0 Å². The van der Waals surface area contributed by atoms with Crippen molar-refractivity contribution in [2.24, 2.45) is 0 Å². The van der Waals surface area contributed by atoms with E-state index in [4.69, 9.17) is 10.1 Å². The summed E-state index contributed by atoms with van der Waals surface area (Å²) in [7, 11) is 0. The van der Waals surface area contributed by atoms with Gasteiger partial charge in [-0.1, -0.05) is 12.6 Å². The van der Waals surface area contributed by atoms with E-state index in [1.165, 1.54) is 12.2 Å². The fourth-order valence-electron chi connectivity index (χ4n) is 5.60. The standard InChI is InChI=1S/C29H25F2N5O2/c1-2-26(37)35-10-11-36-20(16-35)14-25(34-36)28-24(13-19(31)8-9-30)22-4-3-5-23(22)27(33-28)17-6-7-21-18(12-17)15-32-29(21)38/h2,6-9,12-14H,1,3-5,10-11,15-16H2,(H,32,38)/b9-8+,19-13-. The van der Waals surface area contributed by atoms with E-state index in [0.717, 1.165) is 59.0 Å². The molecule has 2 amide bonds. The van der Waals surface area contributed by atoms with Crippen LogP contribution in [0.4, 0.5) is 8.78 Å². The molecule has 7 nitrogen and oxygen atoms in total. The van der Waals surface area contributed by atoms with E-state index in [1.54, 1.807) is 4.90 Å². The van der Waals surface area contributed by atoms with Crippen LogP contribution in [0.15, 0.2) is 55.2 Å². The predicted octanol–water partition coefficient (Wildman–Crippen LogP) is 4.67. The molecule has 192 valence electrons. The number of carbonyl (C=O) groups excluding carboxylic acids is 2. The molecule has 3 aliphatic rings. The summed E-state index contributed by atoms with van der Waals surface area (Å²) >= 11 is 0. The van der Waals surface area contributed by atoms with E-state index < -0.39 is 5.83 Å². The van der Waals surface area contributed by atoms with Crippen LogP contribution in [0.25, 0.3) is 28.7 Å². The number of rotatable bonds is 5. The minimum atomic E-state index is -0.716. The smallest absolute Gasteiger partial charge is 0.251 e. The summed E-state index contributed by atoms with van der Waals surface area (Å²) < 4.78 is 29.3. The second-order valence-electron chi connectivity index (χ2n) is 9.62. The van der Waals surface area contributed by atoms with Crippen molar-refractivity contribution in [1.29, 1.82) is 0 Å². The highest BCUT2D eigenvalue weighted by atomic mass is 19.1. The van der Waals surface area contributed by atoms with Crippen LogP contribution in [0.2, 0.25) is 0 Å². The molecule has 1 N–H and O–H groups in total. The van der Waals surface area contributed by atoms with Crippen molar-refractivity contribution in [3.8, 4) is 22.6 Å². The maximum absolute atomic E-state index is 14.7. The lowest BCUT2D eigenvalue weighted by Gasteiger charge is -2.26. The first kappa shape index (κ1) is 24.0. The molecule has 3 aromatic rings. The Kier molecular flexibility index (Phi) is 5.98. The number of benzene rings is 1. The van der Waals surface area contributed by atoms with Crippen molar-refractivity contribution < 1.29 is 18.4 Å². The third-order valence-electron chi connectivity index (χ3n) is 7.40. The molecular formula is C29H25F2N5O2. The molecule has 0 saturated carbocycles. The minimum Gasteiger partial charge on any atom is -0.348 e. The Morgan fingerprint density at radius 2 is 1.97 bits per heavy atom. The molecule has 6 rings (SSSR count). The normalized spacial score (nSPS) is 16.4. The number of nitrogens with zero attached hydrogens (tertiary/aromatic N) is 4. The van der Waals surface area contributed by atoms with Gasteiger partial charge in [-0.3, -0.25) is 14.3 Å². The third-order valence-corrected chi connectivity index (χ3v) is 7.40. The minimum absolute atomic E-state index is 0.0881. The summed E-state index contributed by atoms with van der Waals surface area (Å²) in [5.41, 5.74) is 7.72. The molecule has 0 radical (unpaired) electrons. The summed E-state index contributed by atoms with van der Waals surface area (Å²) in [6.07, 6.45) is 5.98. The highest BCUT2D eigenvalue weighted by Crippen LogP contribution is 2.40. The van der Waals surface area contributed by atoms with Crippen molar-refractivity contribution in [3.63, 3.8) is 0 Å². The summed E-state index contributed by atoms with van der Waals surface area (Å²) in [5.74, 6) is -0.952. The predicted molar refractivity (Wildman–Crippen MR) is 139 cm³/mol. The molecule has 1 aromatic carbocycles. The van der Waals surface area contributed by atoms with Crippen LogP contribution in [-0.4, -0.2) is 38.0 Å². The molecular weight excluding hydrogens is 488 g/mol. The monoisotopic (exact) mass is 513 g/mol. The van der Waals surface area contributed by atoms with E-state index in [-0.39, 0.29) is 18.1 Å². The van der Waals surface area contributed by atoms with Gasteiger partial charge >= 0.3 is 0 Å². The SMILES string of the molecule is C=CC(=O)N1CCn2nc(-c3nc(-c4ccc5c(c4)CNC5=O)c4c(c3/C=C(F)/C=C/F)CCC4)cc2C1. The van der Waals surface area contributed by atoms with E-state index >= 15 is 0 Å². The van der Waals surface area contributed by atoms with Crippen molar-refractivity contribution >= 4 is 17.9 Å². The molecule has 9 heteroatoms. The second-order valence-corrected chi connectivity index (χ2v) is 9.62. The number of halogens is 2. The number of hydrogen-bond acceptors (Lipinski definition) is 4. The Morgan fingerprint density at radius 1 is 1.13 bits per heavy atom. The van der Waals surface area contributed by atoms with Gasteiger partial charge in [0.1, 0.15) is 11.5 Å². The number of carbonyl (C=O) groups is 2. The second kappa shape index (κ2) is 9.48. The zero-order chi connectivity index (χ0) is 26.4. The Morgan fingerprint density at radius 3 is 2.79 bits per heavy atom. The first-order chi connectivity index (χ1) is 18.5. The van der Waals surface area contributed by atoms with Crippen LogP contribution in [0.1, 0.15) is 44.7 Å². The number of allylic oxidation sites excluding steroid dienone is 2. The van der Waals surface area contributed by atoms with Gasteiger partial charge in [0.15, 0.2) is 0 Å². The largest absolute Gasteiger partial charge is 0.348 e. The molecule has 0 spiro atoms. The zero-order valence-corrected chi connectivity index (χ0v) is 20.6. The third kappa shape index (κ3) is 4.04. The van der Waals surface area contributed by atoms with Gasteiger partial charge in [-0.15, -0.1) is 0 Å². The van der Waals surface area contributed by atoms with Gasteiger partial charge in [-0.2, -0.15) is 5.10 Å². The van der Waals surface area contributed by atoms with Crippen molar-refractivity contribution in [3.05, 3.63) is 88.7 Å². The van der Waals surface area contributed by atoms with Crippen LogP contribution in [0.3, 0.4) is 0 Å². The number of pyridine rings is 1. The molecule has 0 atom stereocenters. The zero-order valence-electron chi connectivity index (χ0n) is 20.6. The lowest BCUT2D eigenvalue weighted by atomic mass is 9.94. The molecule has 0 bridgehead atoms. The van der Waals surface area contributed by atoms with Crippen LogP contribution < -0.4 is 5.32 Å². The van der Waals surface area contributed by atoms with Gasteiger partial charge in [0.05, 0.1) is 36.5 Å². The van der Waals surface area contributed by atoms with Gasteiger partial charge in [-0.05, 0) is 66.3 Å². The molecule has 38 heavy (non-hydrogen) atoms. The highest BCUT2D eigenvalue weighted by molar-refractivity contribution is 5.99. The molecule has 2 aromatic heterocycles. The lowest BCUT2D eigenvalue weighted by Crippen LogP contribution is -2.37. The van der Waals surface area contributed by atoms with Crippen molar-refractivity contribution in [2.45, 2.75) is 38.9 Å². The quantitative estimate of drug-likeness (QED) is 0.397. The molecule has 1 aliphatic carbocycles. The van der Waals surface area contributed by atoms with Crippen LogP contribution in [0.5, 0.6) is 0 Å². The fraction of sp³-hybridized carbons (Fsp3) is 0.241. The van der Waals surface area contributed by atoms with Crippen LogP contribution in [0, 0.1) is 0 Å². The first-order valence-corrected chi connectivity index (χ1v) is 12.6. The van der Waals surface area contributed by atoms with Crippen molar-refractivity contribution in [1.82, 2.24) is 25.0 Å². The van der Waals surface area contributed by atoms with E-state index in [1.807, 2.05) is 28.9 Å². The van der Waals surface area contributed by atoms with Gasteiger partial charge in [0.25, 0.3) is 5.91 Å². The maximum atomic E-state index is 14.7. The summed E-state index contributed by atoms with van der Waals surface area (Å²) in [6, 6.07) is 7.57. The van der Waals surface area contributed by atoms with E-state index in [9.17, 15) is 18.4 Å². The average Bonchev–Trinajstić information content (AvgIpc) is 3.66. The topological polar surface area (TPSA) is 80.1 Å². The van der Waals surface area contributed by atoms with Crippen LogP contribution in [-0.2, 0) is 37.3 Å². The number of aromatic nitrogens is 3. The van der Waals surface area contributed by atoms with Gasteiger partial charge in [0.2, 0.25) is 5.91 Å². The number of hydrogen-bond donors (Lipinski definition) is 1. The van der Waals surface area contributed by atoms with Gasteiger partial charge < -0.3 is 10.2 Å². The molecule has 2 aliphatic heterocycles. The molecule has 0 fully saturated rings. The first-order valence-electron chi connectivity index (χ1n) is 12.6. The van der Waals surface area contributed by atoms with Gasteiger partial charge in [-0.25, -0.2) is 13.8 Å². The van der Waals surface area contributed by atoms with Crippen molar-refractivity contribution in [2.75, 3.05) is 6.54 Å². The Bertz CT molecular complexity index is 1570. The highest BCUT2D eigenvalue weighted by Gasteiger charge is 2.28. The maximum Gasteiger partial charge on any atom is 0.251 e. The summed E-state index contributed by atoms with van der Waals surface area (Å²) in [5, 5.41) is 7.62. The number of amides is 2.